The molecule has 0 bridgehead atoms. The Morgan fingerprint density at radius 3 is 1.38 bits per heavy atom. The van der Waals surface area contributed by atoms with Crippen molar-refractivity contribution in [3.8, 4) is 11.5 Å². The second-order valence-corrected chi connectivity index (χ2v) is 12.0. The minimum Gasteiger partial charge on any atom is -0.496 e. The zero-order valence-corrected chi connectivity index (χ0v) is 26.6. The first kappa shape index (κ1) is 31.1. The van der Waals surface area contributed by atoms with Gasteiger partial charge in [0, 0.05) is 46.3 Å². The summed E-state index contributed by atoms with van der Waals surface area (Å²) in [7, 11) is 3.20. The van der Waals surface area contributed by atoms with Gasteiger partial charge in [-0.25, -0.2) is 19.2 Å². The highest BCUT2D eigenvalue weighted by molar-refractivity contribution is 5.93. The van der Waals surface area contributed by atoms with E-state index in [9.17, 15) is 19.2 Å². The molecule has 0 unspecified atom stereocenters. The first-order valence-electron chi connectivity index (χ1n) is 15.4. The van der Waals surface area contributed by atoms with Crippen LogP contribution in [0.5, 0.6) is 11.5 Å². The molecule has 48 heavy (non-hydrogen) atoms. The van der Waals surface area contributed by atoms with Gasteiger partial charge in [-0.15, -0.1) is 0 Å². The van der Waals surface area contributed by atoms with Gasteiger partial charge in [-0.2, -0.15) is 0 Å². The smallest absolute Gasteiger partial charge is 0.338 e. The van der Waals surface area contributed by atoms with E-state index in [1.807, 2.05) is 36.4 Å². The molecular weight excluding hydrogens is 624 g/mol. The van der Waals surface area contributed by atoms with Crippen molar-refractivity contribution in [1.82, 2.24) is 0 Å². The molecule has 8 rings (SSSR count). The number of carbonyl (C=O) groups is 4. The van der Waals surface area contributed by atoms with Gasteiger partial charge in [0.1, 0.15) is 23.7 Å². The second kappa shape index (κ2) is 12.3. The Morgan fingerprint density at radius 2 is 1.02 bits per heavy atom. The predicted octanol–water partition coefficient (Wildman–Crippen LogP) is 4.39. The van der Waals surface area contributed by atoms with E-state index >= 15 is 0 Å². The number of esters is 4. The number of methoxy groups -OCH3 is 2. The molecule has 12 nitrogen and oxygen atoms in total. The van der Waals surface area contributed by atoms with Crippen LogP contribution < -0.4 is 9.47 Å². The van der Waals surface area contributed by atoms with Gasteiger partial charge in [0.2, 0.25) is 0 Å². The molecule has 0 amide bonds. The number of hydrogen-bond acceptors (Lipinski definition) is 12. The van der Waals surface area contributed by atoms with E-state index in [0.717, 1.165) is 33.8 Å². The van der Waals surface area contributed by atoms with Crippen molar-refractivity contribution in [1.29, 1.82) is 0 Å². The van der Waals surface area contributed by atoms with Crippen LogP contribution in [-0.4, -0.2) is 50.7 Å². The van der Waals surface area contributed by atoms with Crippen LogP contribution in [0.1, 0.15) is 48.3 Å². The quantitative estimate of drug-likeness (QED) is 0.188. The zero-order chi connectivity index (χ0) is 33.7. The number of rotatable bonds is 6. The molecule has 0 N–H and O–H groups in total. The van der Waals surface area contributed by atoms with Gasteiger partial charge < -0.3 is 37.9 Å². The van der Waals surface area contributed by atoms with Gasteiger partial charge in [-0.3, -0.25) is 0 Å². The summed E-state index contributed by atoms with van der Waals surface area (Å²) in [6, 6.07) is 11.6. The molecule has 4 aliphatic heterocycles. The fourth-order valence-electron chi connectivity index (χ4n) is 6.82. The Kier molecular flexibility index (Phi) is 7.94. The lowest BCUT2D eigenvalue weighted by atomic mass is 9.98. The van der Waals surface area contributed by atoms with Gasteiger partial charge in [0.25, 0.3) is 12.6 Å². The molecule has 4 heterocycles. The van der Waals surface area contributed by atoms with Crippen LogP contribution in [0.25, 0.3) is 0 Å². The Morgan fingerprint density at radius 1 is 0.604 bits per heavy atom. The Labute approximate surface area is 275 Å². The highest BCUT2D eigenvalue weighted by Crippen LogP contribution is 2.52. The SMILES string of the molecule is COc1cccc2c1[C@@H]1OC(=O)/C(=C/O[C@H]3C=C(C)C(=O)O3)[C@@H]1C2.COc1cccc2c1[C@H]1OC(=O)/C(=C/O[C@H]3C=C(C)C(=O)O3)[C@H]1C2. The summed E-state index contributed by atoms with van der Waals surface area (Å²) < 4.78 is 42.8. The van der Waals surface area contributed by atoms with E-state index in [0.29, 0.717) is 35.1 Å². The lowest BCUT2D eigenvalue weighted by Gasteiger charge is -2.12. The molecule has 0 spiro atoms. The topological polar surface area (TPSA) is 142 Å². The minimum atomic E-state index is -0.796. The van der Waals surface area contributed by atoms with Crippen molar-refractivity contribution >= 4 is 23.9 Å². The van der Waals surface area contributed by atoms with E-state index < -0.39 is 36.5 Å². The molecule has 2 saturated heterocycles. The van der Waals surface area contributed by atoms with Crippen LogP contribution in [0, 0.1) is 11.8 Å². The molecule has 2 aliphatic carbocycles. The number of cyclic esters (lactones) is 2. The highest BCUT2D eigenvalue weighted by Gasteiger charge is 2.49. The molecule has 0 radical (unpaired) electrons. The molecule has 2 aromatic rings. The number of benzene rings is 2. The zero-order valence-electron chi connectivity index (χ0n) is 26.6. The minimum absolute atomic E-state index is 0.119. The van der Waals surface area contributed by atoms with E-state index in [1.54, 1.807) is 40.2 Å². The standard InChI is InChI=1S/2C18H16O6/c2*1-9-6-14(23-17(9)19)22-8-12-11-7-10-4-3-5-13(21-2)15(10)16(11)24-18(12)20/h2*3-6,8,11,14,16H,7H2,1-2H3/b2*12-8+/t11-,14+,16+;11-,14-,16+/m01/s1. The van der Waals surface area contributed by atoms with E-state index in [2.05, 4.69) is 0 Å². The van der Waals surface area contributed by atoms with Gasteiger partial charge in [-0.1, -0.05) is 24.3 Å². The maximum Gasteiger partial charge on any atom is 0.338 e. The average molecular weight is 657 g/mol. The molecule has 0 saturated carbocycles. The molecule has 12 heteroatoms. The number of fused-ring (bicyclic) bond motifs is 6. The predicted molar refractivity (Wildman–Crippen MR) is 164 cm³/mol. The van der Waals surface area contributed by atoms with E-state index in [1.165, 1.54) is 12.5 Å². The van der Waals surface area contributed by atoms with Crippen LogP contribution in [-0.2, 0) is 60.4 Å². The van der Waals surface area contributed by atoms with Crippen LogP contribution in [0.3, 0.4) is 0 Å². The summed E-state index contributed by atoms with van der Waals surface area (Å²) in [4.78, 5) is 47.1. The summed E-state index contributed by atoms with van der Waals surface area (Å²) >= 11 is 0. The van der Waals surface area contributed by atoms with Gasteiger partial charge in [0.05, 0.1) is 37.9 Å². The third-order valence-electron chi connectivity index (χ3n) is 9.19. The third kappa shape index (κ3) is 5.36. The number of ether oxygens (including phenoxy) is 8. The van der Waals surface area contributed by atoms with E-state index in [4.69, 9.17) is 37.9 Å². The fourth-order valence-corrected chi connectivity index (χ4v) is 6.82. The second-order valence-electron chi connectivity index (χ2n) is 12.0. The normalized spacial score (nSPS) is 29.0. The van der Waals surface area contributed by atoms with Crippen molar-refractivity contribution in [3.05, 3.63) is 106 Å². The van der Waals surface area contributed by atoms with Gasteiger partial charge >= 0.3 is 23.9 Å². The summed E-state index contributed by atoms with van der Waals surface area (Å²) in [5, 5.41) is 0. The summed E-state index contributed by atoms with van der Waals surface area (Å²) in [6.45, 7) is 3.30. The van der Waals surface area contributed by atoms with Gasteiger partial charge in [-0.05, 0) is 49.9 Å². The largest absolute Gasteiger partial charge is 0.496 e. The molecule has 2 fully saturated rings. The third-order valence-corrected chi connectivity index (χ3v) is 9.19. The molecule has 6 aliphatic rings. The Hall–Kier alpha value is -5.52. The number of hydrogen-bond donors (Lipinski definition) is 0. The van der Waals surface area contributed by atoms with Crippen molar-refractivity contribution in [2.75, 3.05) is 14.2 Å². The average Bonchev–Trinajstić information content (AvgIpc) is 3.89. The summed E-state index contributed by atoms with van der Waals surface area (Å²) in [5.74, 6) is -0.446. The summed E-state index contributed by atoms with van der Waals surface area (Å²) in [5.41, 5.74) is 5.93. The van der Waals surface area contributed by atoms with Crippen molar-refractivity contribution in [3.63, 3.8) is 0 Å². The Balaban J connectivity index is 0.000000152. The van der Waals surface area contributed by atoms with Crippen LogP contribution >= 0.6 is 0 Å². The molecule has 248 valence electrons. The highest BCUT2D eigenvalue weighted by atomic mass is 16.7. The first-order valence-corrected chi connectivity index (χ1v) is 15.4. The van der Waals surface area contributed by atoms with Crippen LogP contribution in [0.15, 0.2) is 83.4 Å². The maximum atomic E-state index is 12.2. The molecule has 6 atom stereocenters. The van der Waals surface area contributed by atoms with Crippen molar-refractivity contribution in [2.45, 2.75) is 51.5 Å². The van der Waals surface area contributed by atoms with E-state index in [-0.39, 0.29) is 24.0 Å². The monoisotopic (exact) mass is 656 g/mol. The fraction of sp³-hybridized carbons (Fsp3) is 0.333. The Bertz CT molecular complexity index is 1710. The van der Waals surface area contributed by atoms with Gasteiger partial charge in [0.15, 0.2) is 0 Å². The van der Waals surface area contributed by atoms with Crippen molar-refractivity contribution in [2.24, 2.45) is 11.8 Å². The molecular formula is C36H32O12. The summed E-state index contributed by atoms with van der Waals surface area (Å²) in [6.07, 6.45) is 4.91. The lowest BCUT2D eigenvalue weighted by molar-refractivity contribution is -0.153. The first-order chi connectivity index (χ1) is 23.2. The molecule has 0 aromatic heterocycles. The molecule has 2 aromatic carbocycles. The number of carbonyl (C=O) groups excluding carboxylic acids is 4. The van der Waals surface area contributed by atoms with Crippen molar-refractivity contribution < 1.29 is 57.1 Å². The maximum absolute atomic E-state index is 12.2. The van der Waals surface area contributed by atoms with Crippen LogP contribution in [0.2, 0.25) is 0 Å². The lowest BCUT2D eigenvalue weighted by Crippen LogP contribution is -2.11. The van der Waals surface area contributed by atoms with Crippen LogP contribution in [0.4, 0.5) is 0 Å².